The normalized spacial score (nSPS) is 10.8. The van der Waals surface area contributed by atoms with Crippen molar-refractivity contribution in [3.63, 3.8) is 0 Å². The molecule has 0 radical (unpaired) electrons. The van der Waals surface area contributed by atoms with Gasteiger partial charge < -0.3 is 9.88 Å². The molecule has 0 saturated carbocycles. The number of amides is 1. The highest BCUT2D eigenvalue weighted by atomic mass is 32.2. The van der Waals surface area contributed by atoms with Crippen LogP contribution in [0.5, 0.6) is 0 Å². The molecule has 1 rings (SSSR count). The van der Waals surface area contributed by atoms with Gasteiger partial charge in [-0.3, -0.25) is 4.79 Å². The third-order valence-electron chi connectivity index (χ3n) is 2.27. The molecule has 0 aliphatic carbocycles. The van der Waals surface area contributed by atoms with Crippen LogP contribution >= 0.6 is 0 Å². The molecule has 0 unspecified atom stereocenters. The number of aromatic nitrogens is 1. The number of hydrogen-bond donors (Lipinski definition) is 2. The first-order valence-electron chi connectivity index (χ1n) is 5.14. The molecule has 1 aromatic rings. The van der Waals surface area contributed by atoms with Gasteiger partial charge in [-0.05, 0) is 12.1 Å². The predicted molar refractivity (Wildman–Crippen MR) is 67.7 cm³/mol. The number of rotatable bonds is 5. The summed E-state index contributed by atoms with van der Waals surface area (Å²) in [6.07, 6.45) is 2.84. The van der Waals surface area contributed by atoms with E-state index >= 15 is 0 Å². The minimum Gasteiger partial charge on any atom is -0.354 e. The lowest BCUT2D eigenvalue weighted by Gasteiger charge is -2.00. The van der Waals surface area contributed by atoms with E-state index in [0.29, 0.717) is 0 Å². The lowest BCUT2D eigenvalue weighted by atomic mass is 10.4. The fraction of sp³-hybridized carbons (Fsp3) is 0.273. The number of nitrogens with one attached hydrogen (secondary N) is 2. The van der Waals surface area contributed by atoms with Gasteiger partial charge in [0.2, 0.25) is 10.0 Å². The highest BCUT2D eigenvalue weighted by molar-refractivity contribution is 7.89. The zero-order valence-corrected chi connectivity index (χ0v) is 11.0. The summed E-state index contributed by atoms with van der Waals surface area (Å²) in [7, 11) is -0.539. The molecule has 0 bridgehead atoms. The summed E-state index contributed by atoms with van der Waals surface area (Å²) < 4.78 is 27.5. The van der Waals surface area contributed by atoms with Crippen molar-refractivity contribution in [3.8, 4) is 0 Å². The summed E-state index contributed by atoms with van der Waals surface area (Å²) in [4.78, 5) is 11.5. The van der Waals surface area contributed by atoms with Crippen molar-refractivity contribution in [3.05, 3.63) is 36.3 Å². The zero-order chi connectivity index (χ0) is 13.8. The average molecular weight is 269 g/mol. The highest BCUT2D eigenvalue weighted by Crippen LogP contribution is 2.13. The van der Waals surface area contributed by atoms with Gasteiger partial charge in [-0.2, -0.15) is 0 Å². The average Bonchev–Trinajstić information content (AvgIpc) is 2.71. The SMILES string of the molecule is C=C=CCNS(=O)(=O)c1cc(C(=O)NC)n(C)c1. The smallest absolute Gasteiger partial charge is 0.267 e. The summed E-state index contributed by atoms with van der Waals surface area (Å²) in [6, 6.07) is 1.32. The second kappa shape index (κ2) is 5.68. The molecule has 1 aromatic heterocycles. The molecule has 1 heterocycles. The Morgan fingerprint density at radius 2 is 2.28 bits per heavy atom. The Bertz CT molecular complexity index is 595. The largest absolute Gasteiger partial charge is 0.354 e. The molecule has 0 aliphatic heterocycles. The van der Waals surface area contributed by atoms with Crippen LogP contribution in [0, 0.1) is 0 Å². The van der Waals surface area contributed by atoms with Crippen LogP contribution in [0.3, 0.4) is 0 Å². The minimum absolute atomic E-state index is 0.0427. The van der Waals surface area contributed by atoms with Gasteiger partial charge in [-0.15, -0.1) is 5.73 Å². The van der Waals surface area contributed by atoms with Crippen LogP contribution in [0.4, 0.5) is 0 Å². The third kappa shape index (κ3) is 3.10. The summed E-state index contributed by atoms with van der Waals surface area (Å²) >= 11 is 0. The van der Waals surface area contributed by atoms with Crippen molar-refractivity contribution in [1.29, 1.82) is 0 Å². The van der Waals surface area contributed by atoms with Crippen molar-refractivity contribution >= 4 is 15.9 Å². The Morgan fingerprint density at radius 3 is 2.83 bits per heavy atom. The molecule has 0 aromatic carbocycles. The Hall–Kier alpha value is -1.82. The first-order valence-corrected chi connectivity index (χ1v) is 6.63. The summed E-state index contributed by atoms with van der Waals surface area (Å²) in [6.45, 7) is 3.44. The Kier molecular flexibility index (Phi) is 4.49. The second-order valence-electron chi connectivity index (χ2n) is 3.51. The monoisotopic (exact) mass is 269 g/mol. The van der Waals surface area contributed by atoms with Gasteiger partial charge in [0, 0.05) is 26.8 Å². The van der Waals surface area contributed by atoms with Crippen molar-refractivity contribution in [2.45, 2.75) is 4.90 Å². The molecular weight excluding hydrogens is 254 g/mol. The topological polar surface area (TPSA) is 80.2 Å². The van der Waals surface area contributed by atoms with Gasteiger partial charge in [0.1, 0.15) is 10.6 Å². The van der Waals surface area contributed by atoms with E-state index in [9.17, 15) is 13.2 Å². The van der Waals surface area contributed by atoms with Crippen LogP contribution in [0.2, 0.25) is 0 Å². The van der Waals surface area contributed by atoms with E-state index in [2.05, 4.69) is 22.3 Å². The fourth-order valence-corrected chi connectivity index (χ4v) is 2.37. The first kappa shape index (κ1) is 14.2. The summed E-state index contributed by atoms with van der Waals surface area (Å²) in [5.41, 5.74) is 2.74. The zero-order valence-electron chi connectivity index (χ0n) is 10.2. The molecule has 98 valence electrons. The lowest BCUT2D eigenvalue weighted by Crippen LogP contribution is -2.23. The van der Waals surface area contributed by atoms with E-state index in [4.69, 9.17) is 0 Å². The van der Waals surface area contributed by atoms with Gasteiger partial charge in [0.05, 0.1) is 0 Å². The summed E-state index contributed by atoms with van der Waals surface area (Å²) in [5.74, 6) is -0.343. The van der Waals surface area contributed by atoms with Gasteiger partial charge in [0.25, 0.3) is 5.91 Å². The highest BCUT2D eigenvalue weighted by Gasteiger charge is 2.19. The molecule has 0 atom stereocenters. The molecule has 0 fully saturated rings. The van der Waals surface area contributed by atoms with Crippen molar-refractivity contribution < 1.29 is 13.2 Å². The van der Waals surface area contributed by atoms with Crippen molar-refractivity contribution in [1.82, 2.24) is 14.6 Å². The van der Waals surface area contributed by atoms with E-state index in [-0.39, 0.29) is 23.0 Å². The van der Waals surface area contributed by atoms with Crippen LogP contribution in [0.25, 0.3) is 0 Å². The molecule has 7 heteroatoms. The molecule has 6 nitrogen and oxygen atoms in total. The first-order chi connectivity index (χ1) is 8.42. The standard InChI is InChI=1S/C11H15N3O3S/c1-4-5-6-13-18(16,17)9-7-10(11(15)12-2)14(3)8-9/h5,7-8,13H,1,6H2,2-3H3,(H,12,15). The van der Waals surface area contributed by atoms with Crippen LogP contribution in [-0.4, -0.2) is 32.5 Å². The molecule has 18 heavy (non-hydrogen) atoms. The fourth-order valence-electron chi connectivity index (χ4n) is 1.34. The van der Waals surface area contributed by atoms with Gasteiger partial charge in [-0.1, -0.05) is 6.58 Å². The van der Waals surface area contributed by atoms with Crippen LogP contribution < -0.4 is 10.0 Å². The van der Waals surface area contributed by atoms with Gasteiger partial charge >= 0.3 is 0 Å². The number of hydrogen-bond acceptors (Lipinski definition) is 3. The van der Waals surface area contributed by atoms with E-state index in [0.717, 1.165) is 0 Å². The maximum atomic E-state index is 11.9. The van der Waals surface area contributed by atoms with Crippen molar-refractivity contribution in [2.75, 3.05) is 13.6 Å². The third-order valence-corrected chi connectivity index (χ3v) is 3.66. The molecule has 1 amide bonds. The quantitative estimate of drug-likeness (QED) is 0.739. The summed E-state index contributed by atoms with van der Waals surface area (Å²) in [5, 5.41) is 2.44. The lowest BCUT2D eigenvalue weighted by molar-refractivity contribution is 0.0955. The maximum absolute atomic E-state index is 11.9. The maximum Gasteiger partial charge on any atom is 0.267 e. The Morgan fingerprint density at radius 1 is 1.61 bits per heavy atom. The van der Waals surface area contributed by atoms with E-state index in [1.54, 1.807) is 7.05 Å². The number of carbonyl (C=O) groups excluding carboxylic acids is 1. The molecule has 0 saturated heterocycles. The van der Waals surface area contributed by atoms with Gasteiger partial charge in [-0.25, -0.2) is 13.1 Å². The van der Waals surface area contributed by atoms with Crippen LogP contribution in [-0.2, 0) is 17.1 Å². The predicted octanol–water partition coefficient (Wildman–Crippen LogP) is 0.00410. The minimum atomic E-state index is -3.63. The Labute approximate surface area is 106 Å². The van der Waals surface area contributed by atoms with Crippen LogP contribution in [0.1, 0.15) is 10.5 Å². The second-order valence-corrected chi connectivity index (χ2v) is 5.28. The molecular formula is C11H15N3O3S. The number of carbonyl (C=O) groups is 1. The van der Waals surface area contributed by atoms with E-state index in [1.165, 1.54) is 30.0 Å². The number of sulfonamides is 1. The number of nitrogens with zero attached hydrogens (tertiary/aromatic N) is 1. The Balaban J connectivity index is 3.03. The van der Waals surface area contributed by atoms with Gasteiger partial charge in [0.15, 0.2) is 0 Å². The van der Waals surface area contributed by atoms with E-state index in [1.807, 2.05) is 0 Å². The molecule has 2 N–H and O–H groups in total. The molecule has 0 aliphatic rings. The van der Waals surface area contributed by atoms with Crippen molar-refractivity contribution in [2.24, 2.45) is 7.05 Å². The molecule has 0 spiro atoms. The van der Waals surface area contributed by atoms with Crippen LogP contribution in [0.15, 0.2) is 35.5 Å². The van der Waals surface area contributed by atoms with E-state index < -0.39 is 10.0 Å². The number of aryl methyl sites for hydroxylation is 1.